The van der Waals surface area contributed by atoms with Gasteiger partial charge in [-0.2, -0.15) is 0 Å². The molecule has 0 saturated carbocycles. The molecular formula is C24H24ClN3O2. The van der Waals surface area contributed by atoms with Gasteiger partial charge in [0.05, 0.1) is 18.1 Å². The first-order valence-electron chi connectivity index (χ1n) is 9.90. The van der Waals surface area contributed by atoms with Gasteiger partial charge in [0.15, 0.2) is 11.5 Å². The van der Waals surface area contributed by atoms with Gasteiger partial charge in [0.2, 0.25) is 0 Å². The minimum atomic E-state index is 0.424. The number of para-hydroxylation sites is 3. The summed E-state index contributed by atoms with van der Waals surface area (Å²) in [7, 11) is 1.65. The number of rotatable bonds is 9. The van der Waals surface area contributed by atoms with Crippen LogP contribution in [0, 0.1) is 0 Å². The number of hydrogen-bond acceptors (Lipinski definition) is 4. The monoisotopic (exact) mass is 421 g/mol. The van der Waals surface area contributed by atoms with Crippen molar-refractivity contribution < 1.29 is 9.47 Å². The quantitative estimate of drug-likeness (QED) is 0.367. The van der Waals surface area contributed by atoms with Gasteiger partial charge in [-0.3, -0.25) is 0 Å². The predicted octanol–water partition coefficient (Wildman–Crippen LogP) is 5.14. The van der Waals surface area contributed by atoms with E-state index in [1.54, 1.807) is 7.11 Å². The van der Waals surface area contributed by atoms with Crippen LogP contribution in [-0.4, -0.2) is 23.6 Å². The lowest BCUT2D eigenvalue weighted by molar-refractivity contribution is 0.280. The molecule has 0 aliphatic rings. The number of imidazole rings is 1. The molecule has 30 heavy (non-hydrogen) atoms. The summed E-state index contributed by atoms with van der Waals surface area (Å²) in [4.78, 5) is 7.98. The average Bonchev–Trinajstić information content (AvgIpc) is 3.18. The molecule has 0 aliphatic carbocycles. The van der Waals surface area contributed by atoms with Crippen molar-refractivity contribution in [2.45, 2.75) is 19.6 Å². The summed E-state index contributed by atoms with van der Waals surface area (Å²) in [6.07, 6.45) is 0.817. The van der Waals surface area contributed by atoms with Crippen LogP contribution in [0.4, 0.5) is 0 Å². The summed E-state index contributed by atoms with van der Waals surface area (Å²) in [6, 6.07) is 21.7. The molecule has 0 unspecified atom stereocenters. The molecule has 4 rings (SSSR count). The van der Waals surface area contributed by atoms with E-state index in [1.165, 1.54) is 0 Å². The SMILES string of the molecule is COc1cccc(CNCCc2nc3ccccc3[nH]2)c1OCc1cccc(Cl)c1. The zero-order valence-electron chi connectivity index (χ0n) is 16.8. The molecule has 1 heterocycles. The van der Waals surface area contributed by atoms with Crippen LogP contribution in [-0.2, 0) is 19.6 Å². The summed E-state index contributed by atoms with van der Waals surface area (Å²) in [6.45, 7) is 1.89. The molecule has 0 amide bonds. The first kappa shape index (κ1) is 20.3. The van der Waals surface area contributed by atoms with E-state index in [0.717, 1.165) is 46.7 Å². The van der Waals surface area contributed by atoms with E-state index in [2.05, 4.69) is 15.3 Å². The number of aromatic amines is 1. The van der Waals surface area contributed by atoms with Gasteiger partial charge >= 0.3 is 0 Å². The highest BCUT2D eigenvalue weighted by atomic mass is 35.5. The van der Waals surface area contributed by atoms with E-state index in [0.29, 0.717) is 23.9 Å². The lowest BCUT2D eigenvalue weighted by Crippen LogP contribution is -2.18. The number of halogens is 1. The minimum Gasteiger partial charge on any atom is -0.493 e. The van der Waals surface area contributed by atoms with E-state index >= 15 is 0 Å². The second kappa shape index (κ2) is 9.65. The van der Waals surface area contributed by atoms with Crippen LogP contribution in [0.3, 0.4) is 0 Å². The largest absolute Gasteiger partial charge is 0.493 e. The third-order valence-corrected chi connectivity index (χ3v) is 5.08. The summed E-state index contributed by atoms with van der Waals surface area (Å²) < 4.78 is 11.6. The third-order valence-electron chi connectivity index (χ3n) is 4.85. The average molecular weight is 422 g/mol. The molecule has 5 nitrogen and oxygen atoms in total. The van der Waals surface area contributed by atoms with Crippen molar-refractivity contribution in [3.8, 4) is 11.5 Å². The van der Waals surface area contributed by atoms with Crippen molar-refractivity contribution in [3.63, 3.8) is 0 Å². The van der Waals surface area contributed by atoms with Gasteiger partial charge in [-0.25, -0.2) is 4.98 Å². The molecule has 154 valence electrons. The van der Waals surface area contributed by atoms with Crippen LogP contribution in [0.25, 0.3) is 11.0 Å². The molecule has 0 radical (unpaired) electrons. The second-order valence-electron chi connectivity index (χ2n) is 6.99. The van der Waals surface area contributed by atoms with Crippen molar-refractivity contribution in [3.05, 3.63) is 88.7 Å². The standard InChI is InChI=1S/C24H24ClN3O2/c1-29-22-11-5-7-18(24(22)30-16-17-6-4-8-19(25)14-17)15-26-13-12-23-27-20-9-2-3-10-21(20)28-23/h2-11,14,26H,12-13,15-16H2,1H3,(H,27,28). The maximum Gasteiger partial charge on any atom is 0.166 e. The Hall–Kier alpha value is -3.02. The van der Waals surface area contributed by atoms with Gasteiger partial charge in [-0.15, -0.1) is 0 Å². The van der Waals surface area contributed by atoms with Crippen LogP contribution < -0.4 is 14.8 Å². The number of nitrogens with zero attached hydrogens (tertiary/aromatic N) is 1. The Balaban J connectivity index is 1.38. The highest BCUT2D eigenvalue weighted by Gasteiger charge is 2.11. The van der Waals surface area contributed by atoms with Crippen molar-refractivity contribution in [1.82, 2.24) is 15.3 Å². The Labute approximate surface area is 181 Å². The molecule has 0 bridgehead atoms. The highest BCUT2D eigenvalue weighted by Crippen LogP contribution is 2.32. The van der Waals surface area contributed by atoms with Crippen molar-refractivity contribution in [2.24, 2.45) is 0 Å². The first-order chi connectivity index (χ1) is 14.7. The number of fused-ring (bicyclic) bond motifs is 1. The lowest BCUT2D eigenvalue weighted by Gasteiger charge is -2.16. The summed E-state index contributed by atoms with van der Waals surface area (Å²) in [5.74, 6) is 2.44. The number of ether oxygens (including phenoxy) is 2. The van der Waals surface area contributed by atoms with Gasteiger partial charge in [0, 0.05) is 30.1 Å². The van der Waals surface area contributed by atoms with Gasteiger partial charge < -0.3 is 19.8 Å². The Morgan fingerprint density at radius 2 is 1.90 bits per heavy atom. The fourth-order valence-corrected chi connectivity index (χ4v) is 3.57. The van der Waals surface area contributed by atoms with Crippen LogP contribution in [0.2, 0.25) is 5.02 Å². The van der Waals surface area contributed by atoms with Crippen LogP contribution in [0.5, 0.6) is 11.5 Å². The van der Waals surface area contributed by atoms with E-state index in [-0.39, 0.29) is 0 Å². The van der Waals surface area contributed by atoms with Gasteiger partial charge in [-0.05, 0) is 35.9 Å². The molecular weight excluding hydrogens is 398 g/mol. The van der Waals surface area contributed by atoms with Crippen molar-refractivity contribution >= 4 is 22.6 Å². The normalized spacial score (nSPS) is 11.0. The molecule has 2 N–H and O–H groups in total. The number of nitrogens with one attached hydrogen (secondary N) is 2. The van der Waals surface area contributed by atoms with E-state index < -0.39 is 0 Å². The molecule has 4 aromatic rings. The number of methoxy groups -OCH3 is 1. The number of hydrogen-bond donors (Lipinski definition) is 2. The molecule has 0 saturated heterocycles. The summed E-state index contributed by atoms with van der Waals surface area (Å²) >= 11 is 6.08. The minimum absolute atomic E-state index is 0.424. The predicted molar refractivity (Wildman–Crippen MR) is 120 cm³/mol. The Morgan fingerprint density at radius 3 is 2.73 bits per heavy atom. The molecule has 0 atom stereocenters. The number of benzene rings is 3. The zero-order chi connectivity index (χ0) is 20.8. The molecule has 0 fully saturated rings. The van der Waals surface area contributed by atoms with E-state index in [1.807, 2.05) is 66.7 Å². The Kier molecular flexibility index (Phi) is 6.52. The first-order valence-corrected chi connectivity index (χ1v) is 10.3. The molecule has 1 aromatic heterocycles. The third kappa shape index (κ3) is 4.93. The summed E-state index contributed by atoms with van der Waals surface area (Å²) in [5.41, 5.74) is 4.12. The van der Waals surface area contributed by atoms with Crippen molar-refractivity contribution in [2.75, 3.05) is 13.7 Å². The van der Waals surface area contributed by atoms with Gasteiger partial charge in [-0.1, -0.05) is 48.0 Å². The lowest BCUT2D eigenvalue weighted by atomic mass is 10.1. The number of H-pyrrole nitrogens is 1. The summed E-state index contributed by atoms with van der Waals surface area (Å²) in [5, 5.41) is 4.17. The Morgan fingerprint density at radius 1 is 1.03 bits per heavy atom. The zero-order valence-corrected chi connectivity index (χ0v) is 17.6. The van der Waals surface area contributed by atoms with E-state index in [4.69, 9.17) is 21.1 Å². The molecule has 0 spiro atoms. The number of aromatic nitrogens is 2. The Bertz CT molecular complexity index is 1090. The maximum absolute atomic E-state index is 6.11. The van der Waals surface area contributed by atoms with Crippen molar-refractivity contribution in [1.29, 1.82) is 0 Å². The second-order valence-corrected chi connectivity index (χ2v) is 7.43. The fourth-order valence-electron chi connectivity index (χ4n) is 3.36. The van der Waals surface area contributed by atoms with Gasteiger partial charge in [0.25, 0.3) is 0 Å². The highest BCUT2D eigenvalue weighted by molar-refractivity contribution is 6.30. The smallest absolute Gasteiger partial charge is 0.166 e. The fraction of sp³-hybridized carbons (Fsp3) is 0.208. The molecule has 3 aromatic carbocycles. The molecule has 0 aliphatic heterocycles. The maximum atomic E-state index is 6.11. The van der Waals surface area contributed by atoms with Crippen LogP contribution in [0.1, 0.15) is 17.0 Å². The topological polar surface area (TPSA) is 59.2 Å². The van der Waals surface area contributed by atoms with E-state index in [9.17, 15) is 0 Å². The van der Waals surface area contributed by atoms with Crippen LogP contribution >= 0.6 is 11.6 Å². The van der Waals surface area contributed by atoms with Crippen LogP contribution in [0.15, 0.2) is 66.7 Å². The molecule has 6 heteroatoms. The van der Waals surface area contributed by atoms with Gasteiger partial charge in [0.1, 0.15) is 12.4 Å².